The van der Waals surface area contributed by atoms with Crippen molar-refractivity contribution < 1.29 is 27.3 Å². The van der Waals surface area contributed by atoms with E-state index in [1.54, 1.807) is 11.0 Å². The van der Waals surface area contributed by atoms with Crippen molar-refractivity contribution in [3.05, 3.63) is 71.1 Å². The van der Waals surface area contributed by atoms with Crippen LogP contribution in [0, 0.1) is 17.5 Å². The summed E-state index contributed by atoms with van der Waals surface area (Å²) < 4.78 is 65.4. The minimum atomic E-state index is -2.43. The zero-order valence-corrected chi connectivity index (χ0v) is 26.1. The topological polar surface area (TPSA) is 129 Å². The molecule has 14 heteroatoms. The summed E-state index contributed by atoms with van der Waals surface area (Å²) in [6, 6.07) is 9.08. The first kappa shape index (κ1) is 31.5. The standard InChI is InChI=1S/C30H31F3N6O3S2/c1-29(2,3)42-28(40)39-15-12-30(4,13-16-39)26-37-23(24(43-26)21-11-14-35-27(34)36-21)17-7-5-10-20(22(17)33)38-44(41)25-18(31)8-6-9-19(25)32/h5-11,14,38H,12-13,15-16H2,1-4H3,(H2,34,35,36). The second kappa shape index (κ2) is 12.3. The molecule has 9 nitrogen and oxygen atoms in total. The predicted molar refractivity (Wildman–Crippen MR) is 164 cm³/mol. The Balaban J connectivity index is 1.50. The van der Waals surface area contributed by atoms with E-state index in [4.69, 9.17) is 15.5 Å². The number of amides is 1. The van der Waals surface area contributed by atoms with Crippen LogP contribution in [0.1, 0.15) is 45.5 Å². The number of nitrogens with zero attached hydrogens (tertiary/aromatic N) is 4. The number of benzene rings is 2. The number of hydrogen-bond acceptors (Lipinski definition) is 9. The number of nitrogens with two attached hydrogens (primary N) is 1. The minimum absolute atomic E-state index is 0.0264. The highest BCUT2D eigenvalue weighted by atomic mass is 32.2. The van der Waals surface area contributed by atoms with Gasteiger partial charge in [-0.2, -0.15) is 0 Å². The lowest BCUT2D eigenvalue weighted by Gasteiger charge is -2.38. The first-order valence-corrected chi connectivity index (χ1v) is 15.7. The molecule has 2 aromatic carbocycles. The largest absolute Gasteiger partial charge is 0.588 e. The molecule has 4 aromatic rings. The van der Waals surface area contributed by atoms with Crippen molar-refractivity contribution in [3.8, 4) is 21.8 Å². The summed E-state index contributed by atoms with van der Waals surface area (Å²) in [5.41, 5.74) is 5.33. The maximum atomic E-state index is 16.1. The van der Waals surface area contributed by atoms with Crippen LogP contribution < -0.4 is 10.5 Å². The highest BCUT2D eigenvalue weighted by Gasteiger charge is 2.38. The number of piperidine rings is 1. The summed E-state index contributed by atoms with van der Waals surface area (Å²) in [6.45, 7) is 8.39. The molecule has 1 amide bonds. The van der Waals surface area contributed by atoms with E-state index < -0.39 is 44.7 Å². The van der Waals surface area contributed by atoms with Crippen LogP contribution in [-0.4, -0.2) is 49.2 Å². The van der Waals surface area contributed by atoms with Gasteiger partial charge in [0.2, 0.25) is 5.95 Å². The second-order valence-electron chi connectivity index (χ2n) is 11.6. The van der Waals surface area contributed by atoms with Crippen LogP contribution in [-0.2, 0) is 21.5 Å². The van der Waals surface area contributed by atoms with Crippen LogP contribution in [0.3, 0.4) is 0 Å². The van der Waals surface area contributed by atoms with Crippen molar-refractivity contribution in [2.45, 2.75) is 56.4 Å². The first-order chi connectivity index (χ1) is 20.8. The van der Waals surface area contributed by atoms with Gasteiger partial charge < -0.3 is 19.9 Å². The Hall–Kier alpha value is -3.88. The molecule has 232 valence electrons. The van der Waals surface area contributed by atoms with Crippen molar-refractivity contribution in [2.75, 3.05) is 23.5 Å². The summed E-state index contributed by atoms with van der Waals surface area (Å²) in [4.78, 5) is 27.3. The molecule has 5 rings (SSSR count). The van der Waals surface area contributed by atoms with E-state index in [9.17, 15) is 18.1 Å². The number of halogens is 3. The number of likely N-dealkylation sites (tertiary alicyclic amines) is 1. The highest BCUT2D eigenvalue weighted by Crippen LogP contribution is 2.45. The Morgan fingerprint density at radius 2 is 1.75 bits per heavy atom. The zero-order valence-electron chi connectivity index (χ0n) is 24.5. The van der Waals surface area contributed by atoms with Gasteiger partial charge in [0.05, 0.1) is 21.3 Å². The molecule has 1 aliphatic rings. The molecular formula is C30H31F3N6O3S2. The molecule has 0 saturated carbocycles. The van der Waals surface area contributed by atoms with E-state index in [1.807, 2.05) is 27.7 Å². The molecule has 3 heterocycles. The lowest BCUT2D eigenvalue weighted by Crippen LogP contribution is -2.45. The third-order valence-corrected chi connectivity index (χ3v) is 9.68. The van der Waals surface area contributed by atoms with Gasteiger partial charge in [0.25, 0.3) is 4.90 Å². The normalized spacial score (nSPS) is 15.6. The smallest absolute Gasteiger partial charge is 0.410 e. The average Bonchev–Trinajstić information content (AvgIpc) is 3.40. The van der Waals surface area contributed by atoms with E-state index in [0.717, 1.165) is 18.2 Å². The van der Waals surface area contributed by atoms with Crippen LogP contribution in [0.25, 0.3) is 21.8 Å². The molecule has 1 unspecified atom stereocenters. The number of hydrogen-bond donors (Lipinski definition) is 2. The Morgan fingerprint density at radius 3 is 2.39 bits per heavy atom. The van der Waals surface area contributed by atoms with E-state index in [1.165, 1.54) is 35.7 Å². The molecule has 1 aliphatic heterocycles. The van der Waals surface area contributed by atoms with Gasteiger partial charge >= 0.3 is 6.09 Å². The molecular weight excluding hydrogens is 613 g/mol. The molecule has 0 spiro atoms. The van der Waals surface area contributed by atoms with Gasteiger partial charge in [-0.05, 0) is 63.9 Å². The maximum Gasteiger partial charge on any atom is 0.410 e. The first-order valence-electron chi connectivity index (χ1n) is 13.8. The summed E-state index contributed by atoms with van der Waals surface area (Å²) in [6.07, 6.45) is 2.28. The SMILES string of the molecule is CC(C)(C)OC(=O)N1CCC(C)(c2nc(-c3cccc(N[S+]([O-])c4c(F)cccc4F)c3F)c(-c3ccnc(N)n3)s2)CC1. The maximum absolute atomic E-state index is 16.1. The highest BCUT2D eigenvalue weighted by molar-refractivity contribution is 7.92. The number of aromatic nitrogens is 3. The molecule has 1 fully saturated rings. The second-order valence-corrected chi connectivity index (χ2v) is 13.8. The lowest BCUT2D eigenvalue weighted by molar-refractivity contribution is 0.0171. The van der Waals surface area contributed by atoms with Crippen molar-refractivity contribution in [1.82, 2.24) is 19.9 Å². The summed E-state index contributed by atoms with van der Waals surface area (Å²) in [7, 11) is 0. The van der Waals surface area contributed by atoms with E-state index in [2.05, 4.69) is 14.7 Å². The summed E-state index contributed by atoms with van der Waals surface area (Å²) >= 11 is -1.10. The van der Waals surface area contributed by atoms with Crippen LogP contribution >= 0.6 is 11.3 Å². The monoisotopic (exact) mass is 644 g/mol. The van der Waals surface area contributed by atoms with Crippen LogP contribution in [0.4, 0.5) is 29.6 Å². The minimum Gasteiger partial charge on any atom is -0.588 e. The fourth-order valence-corrected chi connectivity index (χ4v) is 6.96. The molecule has 1 atom stereocenters. The van der Waals surface area contributed by atoms with Crippen molar-refractivity contribution in [1.29, 1.82) is 0 Å². The molecule has 0 aliphatic carbocycles. The lowest BCUT2D eigenvalue weighted by atomic mass is 9.81. The zero-order chi connectivity index (χ0) is 31.8. The van der Waals surface area contributed by atoms with Crippen molar-refractivity contribution in [2.24, 2.45) is 0 Å². The summed E-state index contributed by atoms with van der Waals surface area (Å²) in [5, 5.41) is 0.707. The van der Waals surface area contributed by atoms with Crippen molar-refractivity contribution >= 4 is 40.4 Å². The van der Waals surface area contributed by atoms with E-state index in [0.29, 0.717) is 41.5 Å². The molecule has 44 heavy (non-hydrogen) atoms. The molecule has 0 bridgehead atoms. The predicted octanol–water partition coefficient (Wildman–Crippen LogP) is 6.69. The number of nitrogens with one attached hydrogen (secondary N) is 1. The van der Waals surface area contributed by atoms with Crippen LogP contribution in [0.5, 0.6) is 0 Å². The summed E-state index contributed by atoms with van der Waals surface area (Å²) in [5.74, 6) is -2.83. The Bertz CT molecular complexity index is 1670. The van der Waals surface area contributed by atoms with E-state index >= 15 is 4.39 Å². The fraction of sp³-hybridized carbons (Fsp3) is 0.333. The molecule has 0 radical (unpaired) electrons. The Morgan fingerprint density at radius 1 is 1.09 bits per heavy atom. The molecule has 2 aromatic heterocycles. The average molecular weight is 645 g/mol. The Kier molecular flexibility index (Phi) is 8.78. The third-order valence-electron chi connectivity index (χ3n) is 7.13. The third kappa shape index (κ3) is 6.61. The number of carbonyl (C=O) groups excluding carboxylic acids is 1. The Labute approximate surface area is 260 Å². The van der Waals surface area contributed by atoms with Gasteiger partial charge in [-0.15, -0.1) is 11.3 Å². The van der Waals surface area contributed by atoms with Gasteiger partial charge in [-0.1, -0.05) is 19.1 Å². The van der Waals surface area contributed by atoms with Gasteiger partial charge in [0.15, 0.2) is 17.5 Å². The molecule has 3 N–H and O–H groups in total. The number of rotatable bonds is 6. The van der Waals surface area contributed by atoms with Gasteiger partial charge in [-0.25, -0.2) is 37.6 Å². The van der Waals surface area contributed by atoms with Crippen LogP contribution in [0.2, 0.25) is 0 Å². The quantitative estimate of drug-likeness (QED) is 0.222. The number of ether oxygens (including phenoxy) is 1. The fourth-order valence-electron chi connectivity index (χ4n) is 4.76. The molecule has 1 saturated heterocycles. The van der Waals surface area contributed by atoms with Crippen molar-refractivity contribution in [3.63, 3.8) is 0 Å². The number of nitrogen functional groups attached to an aromatic ring is 1. The van der Waals surface area contributed by atoms with Gasteiger partial charge in [0, 0.05) is 30.3 Å². The van der Waals surface area contributed by atoms with Crippen LogP contribution in [0.15, 0.2) is 53.6 Å². The van der Waals surface area contributed by atoms with Gasteiger partial charge in [-0.3, -0.25) is 0 Å². The number of thiazole rings is 1. The number of carbonyl (C=O) groups is 1. The number of anilines is 2. The van der Waals surface area contributed by atoms with Gasteiger partial charge in [0.1, 0.15) is 22.7 Å². The van der Waals surface area contributed by atoms with E-state index in [-0.39, 0.29) is 29.0 Å².